The third-order valence-electron chi connectivity index (χ3n) is 3.02. The van der Waals surface area contributed by atoms with E-state index in [0.29, 0.717) is 11.5 Å². The van der Waals surface area contributed by atoms with Crippen molar-refractivity contribution in [3.63, 3.8) is 0 Å². The van der Waals surface area contributed by atoms with Crippen LogP contribution in [0.15, 0.2) is 35.7 Å². The smallest absolute Gasteiger partial charge is 0.330 e. The number of carbonyl (C=O) groups excluding carboxylic acids is 1. The van der Waals surface area contributed by atoms with Gasteiger partial charge in [-0.3, -0.25) is 4.79 Å². The largest absolute Gasteiger partial charge is 0.479 e. The summed E-state index contributed by atoms with van der Waals surface area (Å²) < 4.78 is 0. The maximum atomic E-state index is 12.2. The fourth-order valence-electron chi connectivity index (χ4n) is 2.00. The van der Waals surface area contributed by atoms with Crippen LogP contribution in [0.4, 0.5) is 0 Å². The minimum Gasteiger partial charge on any atom is -0.479 e. The first-order valence-electron chi connectivity index (χ1n) is 7.00. The molecule has 6 heteroatoms. The van der Waals surface area contributed by atoms with Crippen LogP contribution in [0.1, 0.15) is 40.9 Å². The third kappa shape index (κ3) is 4.14. The van der Waals surface area contributed by atoms with Gasteiger partial charge in [-0.2, -0.15) is 0 Å². The Morgan fingerprint density at radius 2 is 1.95 bits per heavy atom. The molecule has 1 amide bonds. The van der Waals surface area contributed by atoms with Crippen molar-refractivity contribution in [2.24, 2.45) is 5.92 Å². The van der Waals surface area contributed by atoms with Crippen LogP contribution in [0.3, 0.4) is 0 Å². The number of carboxylic acid groups (broad SMARTS) is 1. The molecular formula is C16H18N2O3S. The van der Waals surface area contributed by atoms with E-state index in [-0.39, 0.29) is 5.69 Å². The zero-order valence-corrected chi connectivity index (χ0v) is 13.3. The highest BCUT2D eigenvalue weighted by Crippen LogP contribution is 2.17. The Labute approximate surface area is 133 Å². The number of carboxylic acids is 1. The van der Waals surface area contributed by atoms with Crippen molar-refractivity contribution in [2.45, 2.75) is 26.3 Å². The van der Waals surface area contributed by atoms with Gasteiger partial charge in [0, 0.05) is 11.8 Å². The minimum atomic E-state index is -1.10. The first-order chi connectivity index (χ1) is 10.5. The number of nitrogens with one attached hydrogen (secondary N) is 1. The van der Waals surface area contributed by atoms with E-state index in [1.165, 1.54) is 11.3 Å². The van der Waals surface area contributed by atoms with Crippen molar-refractivity contribution < 1.29 is 14.7 Å². The second-order valence-corrected chi connectivity index (χ2v) is 6.32. The standard InChI is InChI=1S/C16H18N2O3S/c1-10(2)8-13-17-12(9-22-13)15(19)18-14(16(20)21)11-6-4-3-5-7-11/h3-7,9-10,14H,8H2,1-2H3,(H,18,19)(H,20,21)/t14-/m0/s1. The van der Waals surface area contributed by atoms with E-state index in [1.807, 2.05) is 0 Å². The topological polar surface area (TPSA) is 79.3 Å². The highest BCUT2D eigenvalue weighted by atomic mass is 32.1. The van der Waals surface area contributed by atoms with Crippen LogP contribution < -0.4 is 5.32 Å². The van der Waals surface area contributed by atoms with Crippen LogP contribution in [0.25, 0.3) is 0 Å². The van der Waals surface area contributed by atoms with Crippen LogP contribution >= 0.6 is 11.3 Å². The Morgan fingerprint density at radius 1 is 1.27 bits per heavy atom. The molecule has 0 aliphatic heterocycles. The zero-order chi connectivity index (χ0) is 16.1. The molecule has 1 heterocycles. The highest BCUT2D eigenvalue weighted by Gasteiger charge is 2.23. The molecule has 1 aromatic heterocycles. The Morgan fingerprint density at radius 3 is 2.55 bits per heavy atom. The van der Waals surface area contributed by atoms with E-state index < -0.39 is 17.9 Å². The van der Waals surface area contributed by atoms with Gasteiger partial charge in [0.15, 0.2) is 6.04 Å². The summed E-state index contributed by atoms with van der Waals surface area (Å²) in [7, 11) is 0. The molecule has 2 N–H and O–H groups in total. The summed E-state index contributed by atoms with van der Waals surface area (Å²) in [6, 6.07) is 7.53. The molecule has 116 valence electrons. The Kier molecular flexibility index (Phi) is 5.27. The van der Waals surface area contributed by atoms with Gasteiger partial charge in [0.25, 0.3) is 5.91 Å². The maximum Gasteiger partial charge on any atom is 0.330 e. The van der Waals surface area contributed by atoms with E-state index in [9.17, 15) is 14.7 Å². The second kappa shape index (κ2) is 7.17. The first-order valence-corrected chi connectivity index (χ1v) is 7.88. The van der Waals surface area contributed by atoms with Crippen molar-refractivity contribution in [3.05, 3.63) is 52.0 Å². The summed E-state index contributed by atoms with van der Waals surface area (Å²) in [4.78, 5) is 27.9. The lowest BCUT2D eigenvalue weighted by Gasteiger charge is -2.13. The maximum absolute atomic E-state index is 12.2. The number of amides is 1. The highest BCUT2D eigenvalue weighted by molar-refractivity contribution is 7.09. The van der Waals surface area contributed by atoms with Gasteiger partial charge in [-0.15, -0.1) is 11.3 Å². The Hall–Kier alpha value is -2.21. The molecule has 0 unspecified atom stereocenters. The normalized spacial score (nSPS) is 12.1. The third-order valence-corrected chi connectivity index (χ3v) is 3.89. The van der Waals surface area contributed by atoms with Crippen molar-refractivity contribution in [1.29, 1.82) is 0 Å². The molecule has 0 bridgehead atoms. The van der Waals surface area contributed by atoms with Crippen molar-refractivity contribution in [2.75, 3.05) is 0 Å². The van der Waals surface area contributed by atoms with Crippen LogP contribution in [0.5, 0.6) is 0 Å². The number of benzene rings is 1. The van der Waals surface area contributed by atoms with Crippen molar-refractivity contribution in [3.8, 4) is 0 Å². The number of carbonyl (C=O) groups is 2. The van der Waals surface area contributed by atoms with Gasteiger partial charge in [0.2, 0.25) is 0 Å². The average Bonchev–Trinajstić information content (AvgIpc) is 2.93. The number of nitrogens with zero attached hydrogens (tertiary/aromatic N) is 1. The number of thiazole rings is 1. The van der Waals surface area contributed by atoms with Crippen LogP contribution in [-0.4, -0.2) is 22.0 Å². The van der Waals surface area contributed by atoms with Gasteiger partial charge in [0.05, 0.1) is 5.01 Å². The SMILES string of the molecule is CC(C)Cc1nc(C(=O)N[C@H](C(=O)O)c2ccccc2)cs1. The second-order valence-electron chi connectivity index (χ2n) is 5.38. The number of aromatic nitrogens is 1. The quantitative estimate of drug-likeness (QED) is 0.858. The minimum absolute atomic E-state index is 0.267. The van der Waals surface area contributed by atoms with E-state index >= 15 is 0 Å². The summed E-state index contributed by atoms with van der Waals surface area (Å²) in [6.45, 7) is 4.16. The van der Waals surface area contributed by atoms with Gasteiger partial charge >= 0.3 is 5.97 Å². The van der Waals surface area contributed by atoms with Crippen molar-refractivity contribution >= 4 is 23.2 Å². The van der Waals surface area contributed by atoms with Crippen LogP contribution in [0.2, 0.25) is 0 Å². The average molecular weight is 318 g/mol. The summed E-state index contributed by atoms with van der Waals surface area (Å²) in [5, 5.41) is 14.4. The lowest BCUT2D eigenvalue weighted by molar-refractivity contribution is -0.139. The molecule has 5 nitrogen and oxygen atoms in total. The Balaban J connectivity index is 2.12. The summed E-state index contributed by atoms with van der Waals surface area (Å²) in [5.74, 6) is -1.11. The first kappa shape index (κ1) is 16.2. The molecule has 1 atom stereocenters. The van der Waals surface area contributed by atoms with Gasteiger partial charge in [-0.25, -0.2) is 9.78 Å². The summed E-state index contributed by atoms with van der Waals surface area (Å²) in [6.07, 6.45) is 0.805. The van der Waals surface area contributed by atoms with Gasteiger partial charge in [-0.05, 0) is 11.5 Å². The van der Waals surface area contributed by atoms with Gasteiger partial charge in [-0.1, -0.05) is 44.2 Å². The molecular weight excluding hydrogens is 300 g/mol. The van der Waals surface area contributed by atoms with Gasteiger partial charge < -0.3 is 10.4 Å². The molecule has 0 spiro atoms. The molecule has 2 aromatic rings. The molecule has 2 rings (SSSR count). The van der Waals surface area contributed by atoms with E-state index in [4.69, 9.17) is 0 Å². The van der Waals surface area contributed by atoms with Crippen LogP contribution in [-0.2, 0) is 11.2 Å². The van der Waals surface area contributed by atoms with Crippen LogP contribution in [0, 0.1) is 5.92 Å². The molecule has 0 saturated heterocycles. The van der Waals surface area contributed by atoms with E-state index in [2.05, 4.69) is 24.1 Å². The molecule has 1 aromatic carbocycles. The number of aliphatic carboxylic acids is 1. The van der Waals surface area contributed by atoms with E-state index in [1.54, 1.807) is 35.7 Å². The molecule has 0 fully saturated rings. The summed E-state index contributed by atoms with van der Waals surface area (Å²) in [5.41, 5.74) is 0.795. The number of rotatable bonds is 6. The fourth-order valence-corrected chi connectivity index (χ4v) is 2.98. The molecule has 0 aliphatic carbocycles. The zero-order valence-electron chi connectivity index (χ0n) is 12.4. The fraction of sp³-hybridized carbons (Fsp3) is 0.312. The summed E-state index contributed by atoms with van der Waals surface area (Å²) >= 11 is 1.42. The number of hydrogen-bond acceptors (Lipinski definition) is 4. The lowest BCUT2D eigenvalue weighted by atomic mass is 10.1. The molecule has 0 radical (unpaired) electrons. The van der Waals surface area contributed by atoms with Crippen molar-refractivity contribution in [1.82, 2.24) is 10.3 Å². The monoisotopic (exact) mass is 318 g/mol. The predicted molar refractivity (Wildman–Crippen MR) is 84.9 cm³/mol. The molecule has 22 heavy (non-hydrogen) atoms. The molecule has 0 saturated carbocycles. The number of hydrogen-bond donors (Lipinski definition) is 2. The lowest BCUT2D eigenvalue weighted by Crippen LogP contribution is -2.33. The Bertz CT molecular complexity index is 652. The van der Waals surface area contributed by atoms with Gasteiger partial charge in [0.1, 0.15) is 5.69 Å². The molecule has 0 aliphatic rings. The van der Waals surface area contributed by atoms with E-state index in [0.717, 1.165) is 11.4 Å². The predicted octanol–water partition coefficient (Wildman–Crippen LogP) is 2.90.